The Balaban J connectivity index is 1.96. The topological polar surface area (TPSA) is 58.4 Å². The summed E-state index contributed by atoms with van der Waals surface area (Å²) in [5, 5.41) is 13.1. The molecule has 0 aromatic carbocycles. The van der Waals surface area contributed by atoms with Gasteiger partial charge < -0.3 is 10.0 Å². The first-order chi connectivity index (χ1) is 7.16. The third kappa shape index (κ3) is 2.42. The molecule has 2 heterocycles. The fraction of sp³-hybridized carbons (Fsp3) is 0.556. The van der Waals surface area contributed by atoms with Crippen molar-refractivity contribution in [2.45, 2.75) is 18.9 Å². The molecule has 0 unspecified atom stereocenters. The zero-order chi connectivity index (χ0) is 10.8. The molecule has 1 saturated heterocycles. The molecule has 1 aromatic rings. The van der Waals surface area contributed by atoms with Gasteiger partial charge in [0, 0.05) is 19.3 Å². The molecular formula is C9H12IN3O2. The van der Waals surface area contributed by atoms with Crippen LogP contribution in [0.3, 0.4) is 0 Å². The summed E-state index contributed by atoms with van der Waals surface area (Å²) in [4.78, 5) is 12.2. The van der Waals surface area contributed by atoms with E-state index in [2.05, 4.69) is 27.7 Å². The monoisotopic (exact) mass is 321 g/mol. The minimum absolute atomic E-state index is 0.351. The van der Waals surface area contributed by atoms with Crippen LogP contribution < -0.4 is 0 Å². The predicted octanol–water partition coefficient (Wildman–Crippen LogP) is 1.80. The second-order valence-corrected chi connectivity index (χ2v) is 4.88. The number of hydrogen-bond donors (Lipinski definition) is 1. The van der Waals surface area contributed by atoms with E-state index >= 15 is 0 Å². The van der Waals surface area contributed by atoms with Crippen molar-refractivity contribution in [1.82, 2.24) is 14.7 Å². The highest BCUT2D eigenvalue weighted by Crippen LogP contribution is 2.22. The summed E-state index contributed by atoms with van der Waals surface area (Å²) >= 11 is 2.22. The summed E-state index contributed by atoms with van der Waals surface area (Å²) in [5.41, 5.74) is 0. The molecule has 1 aromatic heterocycles. The maximum absolute atomic E-state index is 10.7. The molecule has 0 spiro atoms. The van der Waals surface area contributed by atoms with Gasteiger partial charge in [-0.2, -0.15) is 5.10 Å². The number of likely N-dealkylation sites (tertiary alicyclic amines) is 1. The number of carbonyl (C=O) groups is 1. The average molecular weight is 321 g/mol. The summed E-state index contributed by atoms with van der Waals surface area (Å²) in [6, 6.07) is 0.351. The van der Waals surface area contributed by atoms with E-state index in [1.807, 2.05) is 17.1 Å². The van der Waals surface area contributed by atoms with E-state index in [0.717, 1.165) is 16.4 Å². The SMILES string of the molecule is O=C(O)N1CCC(n2cc(I)cn2)CC1. The number of amides is 1. The Morgan fingerprint density at radius 2 is 2.20 bits per heavy atom. The van der Waals surface area contributed by atoms with Gasteiger partial charge in [0.15, 0.2) is 0 Å². The van der Waals surface area contributed by atoms with Gasteiger partial charge in [-0.1, -0.05) is 0 Å². The molecular weight excluding hydrogens is 309 g/mol. The van der Waals surface area contributed by atoms with E-state index < -0.39 is 6.09 Å². The van der Waals surface area contributed by atoms with E-state index in [0.29, 0.717) is 19.1 Å². The van der Waals surface area contributed by atoms with Crippen LogP contribution in [-0.4, -0.2) is 39.0 Å². The third-order valence-corrected chi connectivity index (χ3v) is 3.24. The Bertz CT molecular complexity index is 358. The van der Waals surface area contributed by atoms with Crippen molar-refractivity contribution < 1.29 is 9.90 Å². The minimum atomic E-state index is -0.816. The van der Waals surface area contributed by atoms with Gasteiger partial charge in [0.2, 0.25) is 0 Å². The van der Waals surface area contributed by atoms with Gasteiger partial charge in [-0.3, -0.25) is 4.68 Å². The molecule has 0 radical (unpaired) electrons. The standard InChI is InChI=1S/C9H12IN3O2/c10-7-5-11-13(6-7)8-1-3-12(4-2-8)9(14)15/h5-6,8H,1-4H2,(H,14,15). The van der Waals surface area contributed by atoms with Gasteiger partial charge >= 0.3 is 6.09 Å². The van der Waals surface area contributed by atoms with Gasteiger partial charge in [0.1, 0.15) is 0 Å². The van der Waals surface area contributed by atoms with Crippen LogP contribution in [0.2, 0.25) is 0 Å². The molecule has 6 heteroatoms. The van der Waals surface area contributed by atoms with E-state index in [-0.39, 0.29) is 0 Å². The average Bonchev–Trinajstić information content (AvgIpc) is 2.65. The van der Waals surface area contributed by atoms with Crippen LogP contribution in [-0.2, 0) is 0 Å². The molecule has 15 heavy (non-hydrogen) atoms. The number of nitrogens with zero attached hydrogens (tertiary/aromatic N) is 3. The maximum Gasteiger partial charge on any atom is 0.407 e. The van der Waals surface area contributed by atoms with Crippen molar-refractivity contribution in [3.63, 3.8) is 0 Å². The number of piperidine rings is 1. The normalized spacial score (nSPS) is 18.1. The lowest BCUT2D eigenvalue weighted by Gasteiger charge is -2.29. The van der Waals surface area contributed by atoms with Crippen molar-refractivity contribution >= 4 is 28.7 Å². The third-order valence-electron chi connectivity index (χ3n) is 2.68. The Morgan fingerprint density at radius 3 is 2.67 bits per heavy atom. The Kier molecular flexibility index (Phi) is 3.13. The molecule has 1 fully saturated rings. The zero-order valence-corrected chi connectivity index (χ0v) is 10.3. The lowest BCUT2D eigenvalue weighted by Crippen LogP contribution is -2.38. The van der Waals surface area contributed by atoms with Crippen molar-refractivity contribution in [2.75, 3.05) is 13.1 Å². The summed E-state index contributed by atoms with van der Waals surface area (Å²) in [5.74, 6) is 0. The highest BCUT2D eigenvalue weighted by Gasteiger charge is 2.23. The van der Waals surface area contributed by atoms with Crippen LogP contribution >= 0.6 is 22.6 Å². The maximum atomic E-state index is 10.7. The molecule has 1 aliphatic rings. The molecule has 5 nitrogen and oxygen atoms in total. The van der Waals surface area contributed by atoms with Gasteiger partial charge in [-0.05, 0) is 35.4 Å². The number of rotatable bonds is 1. The van der Waals surface area contributed by atoms with Crippen LogP contribution in [0, 0.1) is 3.57 Å². The van der Waals surface area contributed by atoms with Crippen LogP contribution in [0.25, 0.3) is 0 Å². The van der Waals surface area contributed by atoms with Crippen LogP contribution in [0.1, 0.15) is 18.9 Å². The second-order valence-electron chi connectivity index (χ2n) is 3.64. The minimum Gasteiger partial charge on any atom is -0.465 e. The van der Waals surface area contributed by atoms with Crippen LogP contribution in [0.5, 0.6) is 0 Å². The fourth-order valence-corrected chi connectivity index (χ4v) is 2.25. The number of hydrogen-bond acceptors (Lipinski definition) is 2. The summed E-state index contributed by atoms with van der Waals surface area (Å²) in [7, 11) is 0. The van der Waals surface area contributed by atoms with E-state index in [4.69, 9.17) is 5.11 Å². The first-order valence-electron chi connectivity index (χ1n) is 4.84. The Morgan fingerprint density at radius 1 is 1.53 bits per heavy atom. The summed E-state index contributed by atoms with van der Waals surface area (Å²) in [6.07, 6.45) is 4.71. The quantitative estimate of drug-likeness (QED) is 0.803. The van der Waals surface area contributed by atoms with Crippen molar-refractivity contribution in [2.24, 2.45) is 0 Å². The van der Waals surface area contributed by atoms with Crippen LogP contribution in [0.15, 0.2) is 12.4 Å². The molecule has 82 valence electrons. The smallest absolute Gasteiger partial charge is 0.407 e. The van der Waals surface area contributed by atoms with Gasteiger partial charge in [0.05, 0.1) is 15.8 Å². The van der Waals surface area contributed by atoms with E-state index in [9.17, 15) is 4.79 Å². The molecule has 0 saturated carbocycles. The highest BCUT2D eigenvalue weighted by molar-refractivity contribution is 14.1. The first kappa shape index (κ1) is 10.7. The largest absolute Gasteiger partial charge is 0.465 e. The summed E-state index contributed by atoms with van der Waals surface area (Å²) in [6.45, 7) is 1.22. The molecule has 0 aliphatic carbocycles. The van der Waals surface area contributed by atoms with Gasteiger partial charge in [-0.15, -0.1) is 0 Å². The number of halogens is 1. The van der Waals surface area contributed by atoms with Crippen molar-refractivity contribution in [3.05, 3.63) is 16.0 Å². The Labute approximate surface area is 101 Å². The highest BCUT2D eigenvalue weighted by atomic mass is 127. The lowest BCUT2D eigenvalue weighted by molar-refractivity contribution is 0.124. The molecule has 0 atom stereocenters. The second kappa shape index (κ2) is 4.38. The molecule has 1 amide bonds. The molecule has 2 rings (SSSR count). The van der Waals surface area contributed by atoms with Crippen molar-refractivity contribution in [1.29, 1.82) is 0 Å². The Hall–Kier alpha value is -0.790. The molecule has 1 aliphatic heterocycles. The van der Waals surface area contributed by atoms with E-state index in [1.54, 1.807) is 0 Å². The lowest BCUT2D eigenvalue weighted by atomic mass is 10.1. The molecule has 1 N–H and O–H groups in total. The van der Waals surface area contributed by atoms with E-state index in [1.165, 1.54) is 4.90 Å². The van der Waals surface area contributed by atoms with Gasteiger partial charge in [-0.25, -0.2) is 4.79 Å². The van der Waals surface area contributed by atoms with Gasteiger partial charge in [0.25, 0.3) is 0 Å². The number of aromatic nitrogens is 2. The first-order valence-corrected chi connectivity index (χ1v) is 5.92. The summed E-state index contributed by atoms with van der Waals surface area (Å²) < 4.78 is 3.06. The zero-order valence-electron chi connectivity index (χ0n) is 8.14. The molecule has 0 bridgehead atoms. The fourth-order valence-electron chi connectivity index (χ4n) is 1.84. The van der Waals surface area contributed by atoms with Crippen molar-refractivity contribution in [3.8, 4) is 0 Å². The number of carboxylic acid groups (broad SMARTS) is 1. The predicted molar refractivity (Wildman–Crippen MR) is 62.8 cm³/mol. The van der Waals surface area contributed by atoms with Crippen LogP contribution in [0.4, 0.5) is 4.79 Å².